The number of hydrogen-bond acceptors (Lipinski definition) is 2. The van der Waals surface area contributed by atoms with E-state index in [1.165, 1.54) is 62.9 Å². The van der Waals surface area contributed by atoms with Gasteiger partial charge in [0.05, 0.1) is 6.61 Å². The summed E-state index contributed by atoms with van der Waals surface area (Å²) in [6, 6.07) is 4.81. The summed E-state index contributed by atoms with van der Waals surface area (Å²) in [5, 5.41) is 9.76. The van der Waals surface area contributed by atoms with Gasteiger partial charge in [0.25, 0.3) is 0 Å². The lowest BCUT2D eigenvalue weighted by molar-refractivity contribution is 0.120. The summed E-state index contributed by atoms with van der Waals surface area (Å²) in [6.45, 7) is 2.78. The van der Waals surface area contributed by atoms with Crippen LogP contribution in [0.3, 0.4) is 0 Å². The molecule has 1 N–H and O–H groups in total. The fourth-order valence-corrected chi connectivity index (χ4v) is 4.05. The predicted octanol–water partition coefficient (Wildman–Crippen LogP) is 2.41. The van der Waals surface area contributed by atoms with E-state index >= 15 is 0 Å². The zero-order valence-electron chi connectivity index (χ0n) is 10.9. The monoisotopic (exact) mass is 243 g/mol. The van der Waals surface area contributed by atoms with Gasteiger partial charge in [-0.15, -0.1) is 0 Å². The number of aryl methyl sites for hydroxylation is 1. The number of aliphatic hydroxyl groups excluding tert-OH is 1. The van der Waals surface area contributed by atoms with Crippen molar-refractivity contribution in [3.8, 4) is 0 Å². The van der Waals surface area contributed by atoms with E-state index in [1.54, 1.807) is 11.1 Å². The van der Waals surface area contributed by atoms with Gasteiger partial charge in [-0.05, 0) is 48.8 Å². The number of rotatable bonds is 2. The van der Waals surface area contributed by atoms with Gasteiger partial charge in [-0.2, -0.15) is 0 Å². The zero-order chi connectivity index (χ0) is 12.2. The van der Waals surface area contributed by atoms with Gasteiger partial charge in [-0.3, -0.25) is 0 Å². The molecule has 0 saturated heterocycles. The topological polar surface area (TPSA) is 23.5 Å². The van der Waals surface area contributed by atoms with Gasteiger partial charge >= 0.3 is 0 Å². The second kappa shape index (κ2) is 3.74. The molecule has 2 aliphatic heterocycles. The quantitative estimate of drug-likeness (QED) is 0.862. The van der Waals surface area contributed by atoms with Crippen LogP contribution in [0.4, 0.5) is 5.69 Å². The molecule has 2 nitrogen and oxygen atoms in total. The van der Waals surface area contributed by atoms with Crippen LogP contribution >= 0.6 is 0 Å². The fourth-order valence-electron chi connectivity index (χ4n) is 4.05. The molecule has 0 unspecified atom stereocenters. The van der Waals surface area contributed by atoms with Crippen molar-refractivity contribution in [1.82, 2.24) is 0 Å². The van der Waals surface area contributed by atoms with Crippen LogP contribution < -0.4 is 4.90 Å². The Morgan fingerprint density at radius 1 is 1.06 bits per heavy atom. The molecule has 2 heterocycles. The summed E-state index contributed by atoms with van der Waals surface area (Å²) in [6.07, 6.45) is 7.35. The molecule has 2 heteroatoms. The Labute approximate surface area is 109 Å². The minimum absolute atomic E-state index is 0.108. The fraction of sp³-hybridized carbons (Fsp3) is 0.625. The van der Waals surface area contributed by atoms with Crippen LogP contribution in [0.15, 0.2) is 12.1 Å². The van der Waals surface area contributed by atoms with Crippen molar-refractivity contribution in [1.29, 1.82) is 0 Å². The van der Waals surface area contributed by atoms with Crippen LogP contribution in [0.1, 0.15) is 42.4 Å². The molecule has 1 aromatic rings. The van der Waals surface area contributed by atoms with Crippen LogP contribution in [0.5, 0.6) is 0 Å². The van der Waals surface area contributed by atoms with Crippen molar-refractivity contribution < 1.29 is 5.11 Å². The van der Waals surface area contributed by atoms with Gasteiger partial charge in [0.15, 0.2) is 0 Å². The molecule has 18 heavy (non-hydrogen) atoms. The van der Waals surface area contributed by atoms with Crippen molar-refractivity contribution >= 4 is 5.69 Å². The molecule has 3 aliphatic rings. The van der Waals surface area contributed by atoms with Crippen LogP contribution in [-0.2, 0) is 18.3 Å². The Hall–Kier alpha value is -1.02. The van der Waals surface area contributed by atoms with E-state index in [4.69, 9.17) is 0 Å². The van der Waals surface area contributed by atoms with E-state index in [0.717, 1.165) is 0 Å². The first-order chi connectivity index (χ1) is 8.82. The summed E-state index contributed by atoms with van der Waals surface area (Å²) in [5.41, 5.74) is 6.16. The van der Waals surface area contributed by atoms with Crippen molar-refractivity contribution in [2.75, 3.05) is 24.6 Å². The lowest BCUT2D eigenvalue weighted by atomic mass is 9.64. The molecule has 1 fully saturated rings. The largest absolute Gasteiger partial charge is 0.395 e. The van der Waals surface area contributed by atoms with Gasteiger partial charge in [0.2, 0.25) is 0 Å². The molecule has 1 aliphatic carbocycles. The Bertz CT molecular complexity index is 485. The summed E-state index contributed by atoms with van der Waals surface area (Å²) < 4.78 is 0. The van der Waals surface area contributed by atoms with Crippen molar-refractivity contribution in [3.63, 3.8) is 0 Å². The number of hydrogen-bond donors (Lipinski definition) is 1. The van der Waals surface area contributed by atoms with Gasteiger partial charge in [-0.1, -0.05) is 18.6 Å². The minimum Gasteiger partial charge on any atom is -0.395 e. The Morgan fingerprint density at radius 2 is 1.83 bits per heavy atom. The standard InChI is InChI=1S/C16H21NO/c18-11-16(5-2-6-16)14-9-12-3-1-7-17-8-4-13(10-14)15(12)17/h9-10,18H,1-8,11H2. The molecule has 0 amide bonds. The van der Waals surface area contributed by atoms with Gasteiger partial charge in [-0.25, -0.2) is 0 Å². The van der Waals surface area contributed by atoms with E-state index in [2.05, 4.69) is 17.0 Å². The normalized spacial score (nSPS) is 23.7. The van der Waals surface area contributed by atoms with Crippen molar-refractivity contribution in [2.45, 2.75) is 43.9 Å². The Balaban J connectivity index is 1.83. The lowest BCUT2D eigenvalue weighted by Gasteiger charge is -2.42. The van der Waals surface area contributed by atoms with E-state index in [-0.39, 0.29) is 5.41 Å². The molecule has 0 atom stereocenters. The van der Waals surface area contributed by atoms with E-state index in [1.807, 2.05) is 0 Å². The molecule has 0 aromatic heterocycles. The SMILES string of the molecule is OCC1(c2cc3c4c(c2)CCN4CCC3)CCC1. The third kappa shape index (κ3) is 1.33. The highest BCUT2D eigenvalue weighted by atomic mass is 16.3. The Morgan fingerprint density at radius 3 is 2.50 bits per heavy atom. The highest BCUT2D eigenvalue weighted by Gasteiger charge is 2.39. The number of benzene rings is 1. The highest BCUT2D eigenvalue weighted by Crippen LogP contribution is 2.46. The summed E-state index contributed by atoms with van der Waals surface area (Å²) in [5.74, 6) is 0. The Kier molecular flexibility index (Phi) is 2.25. The predicted molar refractivity (Wildman–Crippen MR) is 73.3 cm³/mol. The lowest BCUT2D eigenvalue weighted by Crippen LogP contribution is -2.38. The maximum Gasteiger partial charge on any atom is 0.0527 e. The summed E-state index contributed by atoms with van der Waals surface area (Å²) in [4.78, 5) is 2.56. The summed E-state index contributed by atoms with van der Waals surface area (Å²) >= 11 is 0. The van der Waals surface area contributed by atoms with Gasteiger partial charge < -0.3 is 10.0 Å². The van der Waals surface area contributed by atoms with Crippen molar-refractivity contribution in [3.05, 3.63) is 28.8 Å². The zero-order valence-corrected chi connectivity index (χ0v) is 10.9. The molecule has 4 rings (SSSR count). The maximum atomic E-state index is 9.76. The second-order valence-corrected chi connectivity index (χ2v) is 6.28. The average molecular weight is 243 g/mol. The van der Waals surface area contributed by atoms with Crippen LogP contribution in [0.25, 0.3) is 0 Å². The second-order valence-electron chi connectivity index (χ2n) is 6.28. The van der Waals surface area contributed by atoms with Crippen LogP contribution in [0.2, 0.25) is 0 Å². The molecule has 1 aromatic carbocycles. The third-order valence-electron chi connectivity index (χ3n) is 5.33. The first-order valence-electron chi connectivity index (χ1n) is 7.34. The highest BCUT2D eigenvalue weighted by molar-refractivity contribution is 5.66. The molecular weight excluding hydrogens is 222 g/mol. The summed E-state index contributed by atoms with van der Waals surface area (Å²) in [7, 11) is 0. The maximum absolute atomic E-state index is 9.76. The van der Waals surface area contributed by atoms with Crippen LogP contribution in [-0.4, -0.2) is 24.8 Å². The molecule has 1 saturated carbocycles. The van der Waals surface area contributed by atoms with Crippen molar-refractivity contribution in [2.24, 2.45) is 0 Å². The van der Waals surface area contributed by atoms with E-state index < -0.39 is 0 Å². The molecule has 0 spiro atoms. The molecule has 0 radical (unpaired) electrons. The van der Waals surface area contributed by atoms with E-state index in [0.29, 0.717) is 6.61 Å². The molecular formula is C16H21NO. The van der Waals surface area contributed by atoms with Crippen LogP contribution in [0, 0.1) is 0 Å². The molecule has 96 valence electrons. The average Bonchev–Trinajstić information content (AvgIpc) is 2.74. The number of anilines is 1. The third-order valence-corrected chi connectivity index (χ3v) is 5.33. The first-order valence-corrected chi connectivity index (χ1v) is 7.34. The van der Waals surface area contributed by atoms with E-state index in [9.17, 15) is 5.11 Å². The van der Waals surface area contributed by atoms with Gasteiger partial charge in [0, 0.05) is 24.2 Å². The number of nitrogens with zero attached hydrogens (tertiary/aromatic N) is 1. The molecule has 0 bridgehead atoms. The first kappa shape index (κ1) is 10.9. The van der Waals surface area contributed by atoms with Gasteiger partial charge in [0.1, 0.15) is 0 Å². The minimum atomic E-state index is 0.108. The smallest absolute Gasteiger partial charge is 0.0527 e. The number of aliphatic hydroxyl groups is 1.